The Morgan fingerprint density at radius 1 is 0.511 bits per heavy atom. The molecule has 0 saturated carbocycles. The van der Waals surface area contributed by atoms with Gasteiger partial charge in [-0.2, -0.15) is 0 Å². The Kier molecular flexibility index (Phi) is 5.85. The van der Waals surface area contributed by atoms with E-state index < -0.39 is 0 Å². The number of hydrogen-bond donors (Lipinski definition) is 0. The SMILES string of the molecule is CC(C)c1nc2cc(-c3ccc4c(c3)nc3c5ccccc5nc(-c5ccc(C(C)(C)C)cc5)n43)ccc2c2nc3ccccc3n12. The van der Waals surface area contributed by atoms with Gasteiger partial charge in [-0.1, -0.05) is 95.3 Å². The molecule has 228 valence electrons. The van der Waals surface area contributed by atoms with Gasteiger partial charge < -0.3 is 0 Å². The number of fused-ring (bicyclic) bond motifs is 10. The van der Waals surface area contributed by atoms with Crippen LogP contribution in [-0.4, -0.2) is 28.7 Å². The predicted molar refractivity (Wildman–Crippen MR) is 193 cm³/mol. The van der Waals surface area contributed by atoms with Gasteiger partial charge in [0.2, 0.25) is 0 Å². The van der Waals surface area contributed by atoms with Crippen LogP contribution in [0.25, 0.3) is 77.7 Å². The molecule has 6 heteroatoms. The summed E-state index contributed by atoms with van der Waals surface area (Å²) >= 11 is 0. The van der Waals surface area contributed by atoms with Gasteiger partial charge in [0, 0.05) is 22.3 Å². The molecule has 0 bridgehead atoms. The first-order chi connectivity index (χ1) is 22.7. The minimum atomic E-state index is 0.0794. The Hall–Kier alpha value is -5.62. The van der Waals surface area contributed by atoms with Crippen LogP contribution in [0.4, 0.5) is 0 Å². The van der Waals surface area contributed by atoms with Gasteiger partial charge in [0.05, 0.1) is 33.1 Å². The van der Waals surface area contributed by atoms with Crippen LogP contribution in [0.3, 0.4) is 0 Å². The summed E-state index contributed by atoms with van der Waals surface area (Å²) in [5.74, 6) is 2.14. The highest BCUT2D eigenvalue weighted by Gasteiger charge is 2.19. The van der Waals surface area contributed by atoms with Crippen molar-refractivity contribution >= 4 is 55.2 Å². The zero-order valence-electron chi connectivity index (χ0n) is 27.2. The maximum atomic E-state index is 5.23. The van der Waals surface area contributed by atoms with E-state index in [1.54, 1.807) is 0 Å². The highest BCUT2D eigenvalue weighted by Crippen LogP contribution is 2.35. The van der Waals surface area contributed by atoms with Crippen LogP contribution >= 0.6 is 0 Å². The molecule has 0 spiro atoms. The molecular formula is C41H34N6. The maximum Gasteiger partial charge on any atom is 0.149 e. The lowest BCUT2D eigenvalue weighted by Gasteiger charge is -2.19. The fourth-order valence-corrected chi connectivity index (χ4v) is 6.88. The Labute approximate surface area is 272 Å². The van der Waals surface area contributed by atoms with Crippen LogP contribution in [0.5, 0.6) is 0 Å². The van der Waals surface area contributed by atoms with Crippen LogP contribution in [0, 0.1) is 0 Å². The van der Waals surface area contributed by atoms with Gasteiger partial charge in [-0.15, -0.1) is 0 Å². The molecule has 0 aliphatic carbocycles. The fourth-order valence-electron chi connectivity index (χ4n) is 6.88. The van der Waals surface area contributed by atoms with Gasteiger partial charge >= 0.3 is 0 Å². The Balaban J connectivity index is 1.23. The molecule has 0 saturated heterocycles. The standard InChI is InChI=1S/C41H34N6/c1-24(2)37-44-33-22-26(16-20-30(33)40-43-32-12-8-9-13-35(32)46(37)40)27-17-21-36-34(23-27)45-39-29-10-6-7-11-31(29)42-38(47(36)39)25-14-18-28(19-15-25)41(3,4)5/h6-24H,1-5H3. The average Bonchev–Trinajstić information content (AvgIpc) is 3.66. The van der Waals surface area contributed by atoms with E-state index in [0.29, 0.717) is 0 Å². The molecule has 0 unspecified atom stereocenters. The molecule has 0 atom stereocenters. The average molecular weight is 611 g/mol. The Morgan fingerprint density at radius 2 is 1.11 bits per heavy atom. The maximum absolute atomic E-state index is 5.23. The molecule has 6 nitrogen and oxygen atoms in total. The number of benzene rings is 5. The smallest absolute Gasteiger partial charge is 0.149 e. The lowest BCUT2D eigenvalue weighted by Crippen LogP contribution is -2.10. The minimum absolute atomic E-state index is 0.0794. The number of aromatic nitrogens is 6. The monoisotopic (exact) mass is 610 g/mol. The highest BCUT2D eigenvalue weighted by atomic mass is 15.1. The van der Waals surface area contributed by atoms with Crippen molar-refractivity contribution in [1.82, 2.24) is 28.7 Å². The summed E-state index contributed by atoms with van der Waals surface area (Å²) in [5.41, 5.74) is 12.4. The Bertz CT molecular complexity index is 2690. The van der Waals surface area contributed by atoms with Crippen molar-refractivity contribution in [3.05, 3.63) is 121 Å². The lowest BCUT2D eigenvalue weighted by atomic mass is 9.86. The second kappa shape index (κ2) is 9.94. The quantitative estimate of drug-likeness (QED) is 0.200. The summed E-state index contributed by atoms with van der Waals surface area (Å²) in [5, 5.41) is 2.08. The van der Waals surface area contributed by atoms with Gasteiger partial charge in [-0.3, -0.25) is 8.80 Å². The fraction of sp³-hybridized carbons (Fsp3) is 0.171. The van der Waals surface area contributed by atoms with E-state index in [0.717, 1.165) is 83.5 Å². The molecule has 0 radical (unpaired) electrons. The van der Waals surface area contributed by atoms with Gasteiger partial charge in [-0.25, -0.2) is 19.9 Å². The molecule has 0 aliphatic rings. The summed E-state index contributed by atoms with van der Waals surface area (Å²) in [6.07, 6.45) is 0. The van der Waals surface area contributed by atoms with Gasteiger partial charge in [0.15, 0.2) is 0 Å². The van der Waals surface area contributed by atoms with Gasteiger partial charge in [0.25, 0.3) is 0 Å². The zero-order chi connectivity index (χ0) is 32.0. The van der Waals surface area contributed by atoms with Crippen LogP contribution in [0.2, 0.25) is 0 Å². The van der Waals surface area contributed by atoms with Gasteiger partial charge in [0.1, 0.15) is 22.9 Å². The van der Waals surface area contributed by atoms with Crippen molar-refractivity contribution in [3.63, 3.8) is 0 Å². The molecule has 4 aromatic heterocycles. The van der Waals surface area contributed by atoms with Crippen molar-refractivity contribution in [2.75, 3.05) is 0 Å². The van der Waals surface area contributed by atoms with Gasteiger partial charge in [-0.05, 0) is 70.6 Å². The molecule has 9 aromatic rings. The minimum Gasteiger partial charge on any atom is -0.280 e. The second-order valence-electron chi connectivity index (χ2n) is 13.9. The molecule has 4 heterocycles. The summed E-state index contributed by atoms with van der Waals surface area (Å²) in [7, 11) is 0. The normalized spacial score (nSPS) is 12.6. The van der Waals surface area contributed by atoms with Crippen molar-refractivity contribution in [1.29, 1.82) is 0 Å². The third-order valence-corrected chi connectivity index (χ3v) is 9.36. The second-order valence-corrected chi connectivity index (χ2v) is 13.9. The highest BCUT2D eigenvalue weighted by molar-refractivity contribution is 6.01. The number of rotatable bonds is 3. The van der Waals surface area contributed by atoms with Crippen LogP contribution in [-0.2, 0) is 5.41 Å². The van der Waals surface area contributed by atoms with Crippen molar-refractivity contribution < 1.29 is 0 Å². The van der Waals surface area contributed by atoms with E-state index in [9.17, 15) is 0 Å². The number of imidazole rings is 2. The third kappa shape index (κ3) is 4.24. The number of nitrogens with zero attached hydrogens (tertiary/aromatic N) is 6. The summed E-state index contributed by atoms with van der Waals surface area (Å²) in [6.45, 7) is 11.1. The number of para-hydroxylation sites is 3. The molecule has 9 rings (SSSR count). The summed E-state index contributed by atoms with van der Waals surface area (Å²) in [6, 6.07) is 38.5. The largest absolute Gasteiger partial charge is 0.280 e. The van der Waals surface area contributed by atoms with Crippen LogP contribution in [0.1, 0.15) is 51.9 Å². The molecular weight excluding hydrogens is 576 g/mol. The summed E-state index contributed by atoms with van der Waals surface area (Å²) < 4.78 is 4.43. The molecule has 0 fully saturated rings. The van der Waals surface area contributed by atoms with Crippen molar-refractivity contribution in [2.24, 2.45) is 0 Å². The van der Waals surface area contributed by atoms with Crippen molar-refractivity contribution in [3.8, 4) is 22.5 Å². The summed E-state index contributed by atoms with van der Waals surface area (Å²) in [4.78, 5) is 20.6. The van der Waals surface area contributed by atoms with E-state index in [4.69, 9.17) is 19.9 Å². The molecule has 0 aliphatic heterocycles. The van der Waals surface area contributed by atoms with E-state index in [2.05, 4.69) is 140 Å². The molecule has 47 heavy (non-hydrogen) atoms. The first-order valence-corrected chi connectivity index (χ1v) is 16.3. The van der Waals surface area contributed by atoms with E-state index in [1.165, 1.54) is 5.56 Å². The predicted octanol–water partition coefficient (Wildman–Crippen LogP) is 10.1. The molecule has 0 amide bonds. The van der Waals surface area contributed by atoms with E-state index in [-0.39, 0.29) is 11.3 Å². The Morgan fingerprint density at radius 3 is 1.87 bits per heavy atom. The molecule has 0 N–H and O–H groups in total. The third-order valence-electron chi connectivity index (χ3n) is 9.36. The van der Waals surface area contributed by atoms with Crippen molar-refractivity contribution in [2.45, 2.75) is 46.0 Å². The lowest BCUT2D eigenvalue weighted by molar-refractivity contribution is 0.590. The van der Waals surface area contributed by atoms with Crippen LogP contribution < -0.4 is 0 Å². The zero-order valence-corrected chi connectivity index (χ0v) is 27.2. The van der Waals surface area contributed by atoms with E-state index >= 15 is 0 Å². The molecule has 5 aromatic carbocycles. The number of hydrogen-bond acceptors (Lipinski definition) is 4. The topological polar surface area (TPSA) is 60.4 Å². The van der Waals surface area contributed by atoms with Crippen LogP contribution in [0.15, 0.2) is 109 Å². The van der Waals surface area contributed by atoms with E-state index in [1.807, 2.05) is 12.1 Å². The first-order valence-electron chi connectivity index (χ1n) is 16.3. The first kappa shape index (κ1) is 27.7.